The highest BCUT2D eigenvalue weighted by atomic mass is 16.1. The number of nitrogens with zero attached hydrogens (tertiary/aromatic N) is 1. The molecule has 2 aromatic carbocycles. The molecular formula is C26H31NO. The van der Waals surface area contributed by atoms with Crippen molar-refractivity contribution in [2.75, 3.05) is 18.0 Å². The van der Waals surface area contributed by atoms with E-state index in [0.717, 1.165) is 24.2 Å². The first-order valence-corrected chi connectivity index (χ1v) is 11.0. The molecule has 1 aliphatic heterocycles. The van der Waals surface area contributed by atoms with Crippen LogP contribution in [0, 0.1) is 0 Å². The van der Waals surface area contributed by atoms with Gasteiger partial charge in [0.05, 0.1) is 0 Å². The number of hydrogen-bond acceptors (Lipinski definition) is 2. The van der Waals surface area contributed by atoms with Crippen LogP contribution in [0.3, 0.4) is 0 Å². The Balaban J connectivity index is 1.36. The van der Waals surface area contributed by atoms with E-state index >= 15 is 0 Å². The normalized spacial score (nSPS) is 18.5. The number of hydrogen-bond donors (Lipinski definition) is 0. The van der Waals surface area contributed by atoms with E-state index in [2.05, 4.69) is 41.3 Å². The highest BCUT2D eigenvalue weighted by molar-refractivity contribution is 6.06. The Morgan fingerprint density at radius 3 is 2.11 bits per heavy atom. The lowest BCUT2D eigenvalue weighted by Gasteiger charge is -2.28. The van der Waals surface area contributed by atoms with Crippen LogP contribution in [0.1, 0.15) is 78.8 Å². The van der Waals surface area contributed by atoms with Gasteiger partial charge in [-0.15, -0.1) is 0 Å². The van der Waals surface area contributed by atoms with Gasteiger partial charge in [0.1, 0.15) is 0 Å². The molecular weight excluding hydrogens is 342 g/mol. The van der Waals surface area contributed by atoms with Crippen LogP contribution in [0.5, 0.6) is 0 Å². The topological polar surface area (TPSA) is 20.3 Å². The number of anilines is 1. The largest absolute Gasteiger partial charge is 0.372 e. The lowest BCUT2D eigenvalue weighted by molar-refractivity contribution is 0.104. The summed E-state index contributed by atoms with van der Waals surface area (Å²) in [6.45, 7) is 2.31. The van der Waals surface area contributed by atoms with Crippen molar-refractivity contribution in [1.82, 2.24) is 0 Å². The summed E-state index contributed by atoms with van der Waals surface area (Å²) < 4.78 is 0. The lowest BCUT2D eigenvalue weighted by atomic mass is 9.84. The molecule has 2 nitrogen and oxygen atoms in total. The molecule has 0 unspecified atom stereocenters. The van der Waals surface area contributed by atoms with E-state index in [1.54, 1.807) is 6.08 Å². The molecule has 1 aliphatic carbocycles. The zero-order chi connectivity index (χ0) is 19.2. The molecule has 2 fully saturated rings. The van der Waals surface area contributed by atoms with Gasteiger partial charge in [-0.1, -0.05) is 61.7 Å². The molecule has 1 heterocycles. The number of piperidine rings is 1. The van der Waals surface area contributed by atoms with Crippen LogP contribution in [0.4, 0.5) is 5.69 Å². The van der Waals surface area contributed by atoms with Crippen molar-refractivity contribution in [3.05, 3.63) is 71.3 Å². The van der Waals surface area contributed by atoms with Crippen molar-refractivity contribution < 1.29 is 4.79 Å². The predicted octanol–water partition coefficient (Wildman–Crippen LogP) is 6.62. The third-order valence-electron chi connectivity index (χ3n) is 6.31. The molecule has 146 valence electrons. The van der Waals surface area contributed by atoms with Gasteiger partial charge in [0.25, 0.3) is 0 Å². The van der Waals surface area contributed by atoms with Crippen LogP contribution >= 0.6 is 0 Å². The van der Waals surface area contributed by atoms with Crippen LogP contribution in [-0.2, 0) is 0 Å². The van der Waals surface area contributed by atoms with Gasteiger partial charge in [-0.05, 0) is 67.4 Å². The average Bonchev–Trinajstić information content (AvgIpc) is 2.79. The lowest BCUT2D eigenvalue weighted by Crippen LogP contribution is -2.29. The molecule has 2 aliphatic rings. The summed E-state index contributed by atoms with van der Waals surface area (Å²) in [4.78, 5) is 15.0. The molecule has 28 heavy (non-hydrogen) atoms. The first-order valence-electron chi connectivity index (χ1n) is 11.0. The average molecular weight is 374 g/mol. The van der Waals surface area contributed by atoms with Crippen molar-refractivity contribution in [3.8, 4) is 0 Å². The van der Waals surface area contributed by atoms with Crippen LogP contribution in [0.25, 0.3) is 6.08 Å². The Morgan fingerprint density at radius 1 is 0.786 bits per heavy atom. The van der Waals surface area contributed by atoms with E-state index in [0.29, 0.717) is 5.92 Å². The summed E-state index contributed by atoms with van der Waals surface area (Å²) in [6.07, 6.45) is 14.2. The van der Waals surface area contributed by atoms with Crippen LogP contribution in [0.2, 0.25) is 0 Å². The van der Waals surface area contributed by atoms with Crippen molar-refractivity contribution >= 4 is 17.5 Å². The van der Waals surface area contributed by atoms with Gasteiger partial charge in [0.15, 0.2) is 5.78 Å². The maximum absolute atomic E-state index is 12.5. The Kier molecular flexibility index (Phi) is 6.26. The number of ketones is 1. The van der Waals surface area contributed by atoms with E-state index in [1.807, 2.05) is 18.2 Å². The van der Waals surface area contributed by atoms with Crippen molar-refractivity contribution in [2.24, 2.45) is 0 Å². The fourth-order valence-electron chi connectivity index (χ4n) is 4.57. The minimum absolute atomic E-state index is 0.0790. The van der Waals surface area contributed by atoms with Crippen LogP contribution in [0.15, 0.2) is 54.6 Å². The molecule has 1 saturated heterocycles. The Bertz CT molecular complexity index is 791. The summed E-state index contributed by atoms with van der Waals surface area (Å²) in [5.41, 5.74) is 4.55. The SMILES string of the molecule is O=C(C=Cc1ccc(N2CCCCC2)cc1)c1ccc(C2CCCCC2)cc1. The fourth-order valence-corrected chi connectivity index (χ4v) is 4.57. The third-order valence-corrected chi connectivity index (χ3v) is 6.31. The number of benzene rings is 2. The van der Waals surface area contributed by atoms with Crippen molar-refractivity contribution in [3.63, 3.8) is 0 Å². The third kappa shape index (κ3) is 4.73. The molecule has 0 aromatic heterocycles. The number of carbonyl (C=O) groups is 1. The second kappa shape index (κ2) is 9.23. The predicted molar refractivity (Wildman–Crippen MR) is 118 cm³/mol. The number of allylic oxidation sites excluding steroid dienone is 1. The molecule has 4 rings (SSSR count). The molecule has 0 amide bonds. The van der Waals surface area contributed by atoms with Gasteiger partial charge in [0, 0.05) is 24.3 Å². The zero-order valence-corrected chi connectivity index (χ0v) is 16.8. The molecule has 0 N–H and O–H groups in total. The molecule has 0 spiro atoms. The monoisotopic (exact) mass is 373 g/mol. The van der Waals surface area contributed by atoms with Gasteiger partial charge in [-0.25, -0.2) is 0 Å². The maximum atomic E-state index is 12.5. The van der Waals surface area contributed by atoms with Crippen LogP contribution in [-0.4, -0.2) is 18.9 Å². The van der Waals surface area contributed by atoms with Gasteiger partial charge in [-0.2, -0.15) is 0 Å². The molecule has 0 atom stereocenters. The number of rotatable bonds is 5. The van der Waals surface area contributed by atoms with Gasteiger partial charge >= 0.3 is 0 Å². The summed E-state index contributed by atoms with van der Waals surface area (Å²) in [5.74, 6) is 0.766. The summed E-state index contributed by atoms with van der Waals surface area (Å²) in [6, 6.07) is 16.9. The highest BCUT2D eigenvalue weighted by Crippen LogP contribution is 2.32. The highest BCUT2D eigenvalue weighted by Gasteiger charge is 2.15. The second-order valence-corrected chi connectivity index (χ2v) is 8.29. The van der Waals surface area contributed by atoms with E-state index in [1.165, 1.54) is 62.6 Å². The minimum atomic E-state index is 0.0790. The van der Waals surface area contributed by atoms with Gasteiger partial charge in [-0.3, -0.25) is 4.79 Å². The molecule has 1 saturated carbocycles. The summed E-state index contributed by atoms with van der Waals surface area (Å²) in [5, 5.41) is 0. The Hall–Kier alpha value is -2.35. The number of carbonyl (C=O) groups excluding carboxylic acids is 1. The first kappa shape index (κ1) is 19.0. The maximum Gasteiger partial charge on any atom is 0.185 e. The quantitative estimate of drug-likeness (QED) is 0.433. The van der Waals surface area contributed by atoms with Crippen LogP contribution < -0.4 is 4.90 Å². The van der Waals surface area contributed by atoms with Crippen molar-refractivity contribution in [2.45, 2.75) is 57.3 Å². The van der Waals surface area contributed by atoms with E-state index in [9.17, 15) is 4.79 Å². The molecule has 2 heteroatoms. The fraction of sp³-hybridized carbons (Fsp3) is 0.423. The smallest absolute Gasteiger partial charge is 0.185 e. The van der Waals surface area contributed by atoms with E-state index in [-0.39, 0.29) is 5.78 Å². The van der Waals surface area contributed by atoms with Gasteiger partial charge < -0.3 is 4.90 Å². The standard InChI is InChI=1S/C26H31NO/c28-26(24-14-12-23(13-15-24)22-7-3-1-4-8-22)18-11-21-9-16-25(17-10-21)27-19-5-2-6-20-27/h9-18,22H,1-8,19-20H2. The first-order chi connectivity index (χ1) is 13.8. The van der Waals surface area contributed by atoms with Crippen molar-refractivity contribution in [1.29, 1.82) is 0 Å². The zero-order valence-electron chi connectivity index (χ0n) is 16.8. The Labute approximate surface area is 169 Å². The van der Waals surface area contributed by atoms with E-state index in [4.69, 9.17) is 0 Å². The molecule has 2 aromatic rings. The summed E-state index contributed by atoms with van der Waals surface area (Å²) in [7, 11) is 0. The van der Waals surface area contributed by atoms with Gasteiger partial charge in [0.2, 0.25) is 0 Å². The minimum Gasteiger partial charge on any atom is -0.372 e. The molecule has 0 radical (unpaired) electrons. The molecule has 0 bridgehead atoms. The Morgan fingerprint density at radius 2 is 1.43 bits per heavy atom. The van der Waals surface area contributed by atoms with E-state index < -0.39 is 0 Å². The second-order valence-electron chi connectivity index (χ2n) is 8.29. The summed E-state index contributed by atoms with van der Waals surface area (Å²) >= 11 is 0.